The lowest BCUT2D eigenvalue weighted by Crippen LogP contribution is -2.45. The van der Waals surface area contributed by atoms with E-state index in [2.05, 4.69) is 16.0 Å². The Morgan fingerprint density at radius 1 is 0.606 bits per heavy atom. The SMILES string of the molecule is CCC(CC(CC(=O)NC1CCCCC1)C(=O)NC1CCCCC1)C(=O)NC1CCCCC1. The van der Waals surface area contributed by atoms with Crippen molar-refractivity contribution in [1.29, 1.82) is 0 Å². The highest BCUT2D eigenvalue weighted by molar-refractivity contribution is 5.87. The maximum absolute atomic E-state index is 13.3. The quantitative estimate of drug-likeness (QED) is 0.438. The molecule has 0 bridgehead atoms. The Morgan fingerprint density at radius 2 is 1.00 bits per heavy atom. The Kier molecular flexibility index (Phi) is 11.0. The number of amides is 3. The van der Waals surface area contributed by atoms with E-state index >= 15 is 0 Å². The summed E-state index contributed by atoms with van der Waals surface area (Å²) in [4.78, 5) is 39.2. The van der Waals surface area contributed by atoms with Crippen molar-refractivity contribution < 1.29 is 14.4 Å². The summed E-state index contributed by atoms with van der Waals surface area (Å²) in [7, 11) is 0. The predicted octanol–water partition coefficient (Wildman–Crippen LogP) is 4.76. The summed E-state index contributed by atoms with van der Waals surface area (Å²) in [6, 6.07) is 0.723. The first-order valence-electron chi connectivity index (χ1n) is 13.9. The van der Waals surface area contributed by atoms with Crippen molar-refractivity contribution in [2.75, 3.05) is 0 Å². The molecule has 3 amide bonds. The van der Waals surface area contributed by atoms with Gasteiger partial charge in [0.2, 0.25) is 17.7 Å². The number of carbonyl (C=O) groups is 3. The van der Waals surface area contributed by atoms with Crippen LogP contribution in [-0.2, 0) is 14.4 Å². The zero-order chi connectivity index (χ0) is 23.5. The molecular formula is C27H47N3O3. The Bertz CT molecular complexity index is 620. The average molecular weight is 462 g/mol. The third kappa shape index (κ3) is 8.94. The van der Waals surface area contributed by atoms with Gasteiger partial charge in [-0.15, -0.1) is 0 Å². The fourth-order valence-corrected chi connectivity index (χ4v) is 5.97. The summed E-state index contributed by atoms with van der Waals surface area (Å²) in [6.07, 6.45) is 18.2. The van der Waals surface area contributed by atoms with Gasteiger partial charge in [-0.3, -0.25) is 14.4 Å². The van der Waals surface area contributed by atoms with Crippen LogP contribution in [0.25, 0.3) is 0 Å². The maximum atomic E-state index is 13.3. The molecule has 3 aliphatic rings. The molecule has 6 heteroatoms. The van der Waals surface area contributed by atoms with E-state index in [0.29, 0.717) is 12.8 Å². The fraction of sp³-hybridized carbons (Fsp3) is 0.889. The number of hydrogen-bond donors (Lipinski definition) is 3. The molecule has 0 aliphatic heterocycles. The lowest BCUT2D eigenvalue weighted by atomic mass is 9.86. The van der Waals surface area contributed by atoms with Gasteiger partial charge in [0.1, 0.15) is 0 Å². The Labute approximate surface area is 200 Å². The van der Waals surface area contributed by atoms with Gasteiger partial charge in [-0.1, -0.05) is 64.7 Å². The third-order valence-corrected chi connectivity index (χ3v) is 8.11. The van der Waals surface area contributed by atoms with Gasteiger partial charge in [-0.05, 0) is 51.4 Å². The van der Waals surface area contributed by atoms with Gasteiger partial charge < -0.3 is 16.0 Å². The Balaban J connectivity index is 1.59. The minimum Gasteiger partial charge on any atom is -0.353 e. The van der Waals surface area contributed by atoms with Crippen molar-refractivity contribution in [2.45, 2.75) is 141 Å². The van der Waals surface area contributed by atoms with Crippen LogP contribution < -0.4 is 16.0 Å². The zero-order valence-electron chi connectivity index (χ0n) is 20.8. The minimum absolute atomic E-state index is 0.0340. The van der Waals surface area contributed by atoms with Crippen molar-refractivity contribution in [3.8, 4) is 0 Å². The predicted molar refractivity (Wildman–Crippen MR) is 132 cm³/mol. The summed E-state index contributed by atoms with van der Waals surface area (Å²) in [5, 5.41) is 9.64. The number of carbonyl (C=O) groups excluding carboxylic acids is 3. The molecule has 188 valence electrons. The Hall–Kier alpha value is -1.59. The zero-order valence-corrected chi connectivity index (χ0v) is 20.8. The molecular weight excluding hydrogens is 414 g/mol. The Morgan fingerprint density at radius 3 is 1.42 bits per heavy atom. The molecule has 0 radical (unpaired) electrons. The van der Waals surface area contributed by atoms with E-state index in [9.17, 15) is 14.4 Å². The molecule has 0 heterocycles. The molecule has 3 fully saturated rings. The summed E-state index contributed by atoms with van der Waals surface area (Å²) < 4.78 is 0. The minimum atomic E-state index is -0.447. The lowest BCUT2D eigenvalue weighted by Gasteiger charge is -2.29. The van der Waals surface area contributed by atoms with Crippen molar-refractivity contribution in [1.82, 2.24) is 16.0 Å². The molecule has 3 rings (SSSR count). The van der Waals surface area contributed by atoms with E-state index in [1.807, 2.05) is 6.92 Å². The first-order valence-corrected chi connectivity index (χ1v) is 13.9. The number of rotatable bonds is 10. The summed E-state index contributed by atoms with van der Waals surface area (Å²) in [5.41, 5.74) is 0. The summed E-state index contributed by atoms with van der Waals surface area (Å²) >= 11 is 0. The molecule has 0 saturated heterocycles. The molecule has 0 aromatic heterocycles. The molecule has 6 nitrogen and oxygen atoms in total. The molecule has 3 saturated carbocycles. The van der Waals surface area contributed by atoms with Gasteiger partial charge >= 0.3 is 0 Å². The highest BCUT2D eigenvalue weighted by atomic mass is 16.2. The smallest absolute Gasteiger partial charge is 0.223 e. The van der Waals surface area contributed by atoms with Gasteiger partial charge in [-0.25, -0.2) is 0 Å². The summed E-state index contributed by atoms with van der Waals surface area (Å²) in [5.74, 6) is -0.681. The fourth-order valence-electron chi connectivity index (χ4n) is 5.97. The van der Waals surface area contributed by atoms with Crippen LogP contribution in [0.1, 0.15) is 122 Å². The van der Waals surface area contributed by atoms with Crippen LogP contribution in [0.2, 0.25) is 0 Å². The third-order valence-electron chi connectivity index (χ3n) is 8.11. The van der Waals surface area contributed by atoms with Crippen LogP contribution in [0.15, 0.2) is 0 Å². The normalized spacial score (nSPS) is 22.8. The van der Waals surface area contributed by atoms with E-state index in [1.165, 1.54) is 32.1 Å². The maximum Gasteiger partial charge on any atom is 0.223 e. The van der Waals surface area contributed by atoms with Crippen LogP contribution in [-0.4, -0.2) is 35.8 Å². The van der Waals surface area contributed by atoms with Crippen LogP contribution in [0, 0.1) is 11.8 Å². The second-order valence-electron chi connectivity index (χ2n) is 10.8. The first-order chi connectivity index (χ1) is 16.0. The molecule has 3 aliphatic carbocycles. The van der Waals surface area contributed by atoms with Crippen LogP contribution >= 0.6 is 0 Å². The van der Waals surface area contributed by atoms with Crippen molar-refractivity contribution in [3.63, 3.8) is 0 Å². The molecule has 0 aromatic carbocycles. The highest BCUT2D eigenvalue weighted by Crippen LogP contribution is 2.25. The molecule has 0 aromatic rings. The van der Waals surface area contributed by atoms with Gasteiger partial charge in [0, 0.05) is 36.4 Å². The number of hydrogen-bond acceptors (Lipinski definition) is 3. The standard InChI is InChI=1S/C27H47N3O3/c1-2-20(26(32)29-23-14-8-4-9-15-23)18-21(27(33)30-24-16-10-5-11-17-24)19-25(31)28-22-12-6-3-7-13-22/h20-24H,2-19H2,1H3,(H,28,31)(H,29,32)(H,30,33). The van der Waals surface area contributed by atoms with Crippen molar-refractivity contribution in [2.24, 2.45) is 11.8 Å². The monoisotopic (exact) mass is 461 g/mol. The second kappa shape index (κ2) is 14.0. The summed E-state index contributed by atoms with van der Waals surface area (Å²) in [6.45, 7) is 2.02. The van der Waals surface area contributed by atoms with Crippen LogP contribution in [0.5, 0.6) is 0 Å². The van der Waals surface area contributed by atoms with E-state index < -0.39 is 5.92 Å². The van der Waals surface area contributed by atoms with Gasteiger partial charge in [-0.2, -0.15) is 0 Å². The molecule has 0 spiro atoms. The molecule has 3 N–H and O–H groups in total. The highest BCUT2D eigenvalue weighted by Gasteiger charge is 2.31. The van der Waals surface area contributed by atoms with E-state index in [4.69, 9.17) is 0 Å². The molecule has 2 atom stereocenters. The van der Waals surface area contributed by atoms with Crippen LogP contribution in [0.3, 0.4) is 0 Å². The van der Waals surface area contributed by atoms with Crippen molar-refractivity contribution in [3.05, 3.63) is 0 Å². The molecule has 33 heavy (non-hydrogen) atoms. The van der Waals surface area contributed by atoms with E-state index in [-0.39, 0.29) is 48.2 Å². The first kappa shape index (κ1) is 26.0. The number of nitrogens with one attached hydrogen (secondary N) is 3. The molecule has 2 unspecified atom stereocenters. The van der Waals surface area contributed by atoms with Crippen LogP contribution in [0.4, 0.5) is 0 Å². The lowest BCUT2D eigenvalue weighted by molar-refractivity contribution is -0.133. The van der Waals surface area contributed by atoms with Gasteiger partial charge in [0.05, 0.1) is 0 Å². The second-order valence-corrected chi connectivity index (χ2v) is 10.8. The largest absolute Gasteiger partial charge is 0.353 e. The topological polar surface area (TPSA) is 87.3 Å². The van der Waals surface area contributed by atoms with Gasteiger partial charge in [0.15, 0.2) is 0 Å². The van der Waals surface area contributed by atoms with E-state index in [0.717, 1.165) is 64.2 Å². The van der Waals surface area contributed by atoms with E-state index in [1.54, 1.807) is 0 Å². The average Bonchev–Trinajstić information content (AvgIpc) is 2.83. The van der Waals surface area contributed by atoms with Crippen molar-refractivity contribution >= 4 is 17.7 Å². The van der Waals surface area contributed by atoms with Gasteiger partial charge in [0.25, 0.3) is 0 Å².